The number of rotatable bonds is 2. The maximum Gasteiger partial charge on any atom is 0.278 e. The molecule has 2 heterocycles. The molecule has 1 aliphatic rings. The van der Waals surface area contributed by atoms with Crippen molar-refractivity contribution in [3.63, 3.8) is 0 Å². The van der Waals surface area contributed by atoms with Crippen molar-refractivity contribution in [2.45, 2.75) is 12.1 Å². The van der Waals surface area contributed by atoms with Gasteiger partial charge in [0, 0.05) is 38.1 Å². The van der Waals surface area contributed by atoms with Gasteiger partial charge >= 0.3 is 0 Å². The predicted molar refractivity (Wildman–Crippen MR) is 58.4 cm³/mol. The fourth-order valence-electron chi connectivity index (χ4n) is 1.55. The third-order valence-electron chi connectivity index (χ3n) is 2.42. The van der Waals surface area contributed by atoms with Gasteiger partial charge in [-0.1, -0.05) is 0 Å². The van der Waals surface area contributed by atoms with Crippen LogP contribution in [0.4, 0.5) is 0 Å². The van der Waals surface area contributed by atoms with Crippen LogP contribution in [0.3, 0.4) is 0 Å². The largest absolute Gasteiger partial charge is 0.314 e. The van der Waals surface area contributed by atoms with Crippen LogP contribution < -0.4 is 5.32 Å². The molecule has 16 heavy (non-hydrogen) atoms. The summed E-state index contributed by atoms with van der Waals surface area (Å²) in [5.74, 6) is 0. The van der Waals surface area contributed by atoms with E-state index in [2.05, 4.69) is 15.3 Å². The Bertz CT molecular complexity index is 468. The van der Waals surface area contributed by atoms with Gasteiger partial charge in [0.2, 0.25) is 0 Å². The Kier molecular flexibility index (Phi) is 3.17. The van der Waals surface area contributed by atoms with Gasteiger partial charge in [0.1, 0.15) is 0 Å². The van der Waals surface area contributed by atoms with Crippen molar-refractivity contribution in [2.75, 3.05) is 26.2 Å². The Labute approximate surface area is 94.8 Å². The van der Waals surface area contributed by atoms with Crippen LogP contribution in [0, 0.1) is 6.92 Å². The van der Waals surface area contributed by atoms with E-state index in [4.69, 9.17) is 0 Å². The van der Waals surface area contributed by atoms with Crippen molar-refractivity contribution in [1.29, 1.82) is 0 Å². The molecule has 1 fully saturated rings. The quantitative estimate of drug-likeness (QED) is 0.699. The highest BCUT2D eigenvalue weighted by Crippen LogP contribution is 2.11. The molecule has 1 aliphatic heterocycles. The second kappa shape index (κ2) is 4.44. The van der Waals surface area contributed by atoms with Crippen LogP contribution >= 0.6 is 0 Å². The summed E-state index contributed by atoms with van der Waals surface area (Å²) in [4.78, 5) is 7.78. The normalized spacial score (nSPS) is 18.6. The second-order valence-electron chi connectivity index (χ2n) is 3.63. The topological polar surface area (TPSA) is 75.2 Å². The molecule has 0 spiro atoms. The number of nitrogens with zero attached hydrogens (tertiary/aromatic N) is 3. The van der Waals surface area contributed by atoms with E-state index in [1.165, 1.54) is 10.5 Å². The molecule has 1 aromatic heterocycles. The summed E-state index contributed by atoms with van der Waals surface area (Å²) < 4.78 is 25.6. The first-order valence-corrected chi connectivity index (χ1v) is 6.55. The maximum absolute atomic E-state index is 12.1. The van der Waals surface area contributed by atoms with Crippen LogP contribution in [0.5, 0.6) is 0 Å². The summed E-state index contributed by atoms with van der Waals surface area (Å²) in [5, 5.41) is 3.00. The molecule has 0 bridgehead atoms. The van der Waals surface area contributed by atoms with Gasteiger partial charge in [0.15, 0.2) is 0 Å². The second-order valence-corrected chi connectivity index (χ2v) is 5.47. The Hall–Kier alpha value is -1.05. The van der Waals surface area contributed by atoms with Gasteiger partial charge in [0.25, 0.3) is 15.2 Å². The maximum atomic E-state index is 12.1. The molecule has 0 amide bonds. The summed E-state index contributed by atoms with van der Waals surface area (Å²) in [5.41, 5.74) is 0.656. The summed E-state index contributed by atoms with van der Waals surface area (Å²) in [7, 11) is -3.51. The number of aromatic nitrogens is 2. The number of sulfonamides is 1. The number of hydrogen-bond acceptors (Lipinski definition) is 5. The lowest BCUT2D eigenvalue weighted by molar-refractivity contribution is 0.357. The van der Waals surface area contributed by atoms with Crippen LogP contribution in [0.1, 0.15) is 5.69 Å². The first-order valence-electron chi connectivity index (χ1n) is 5.11. The molecule has 0 aliphatic carbocycles. The molecular formula is C9H14N4O2S. The summed E-state index contributed by atoms with van der Waals surface area (Å²) in [6, 6.07) is 1.68. The summed E-state index contributed by atoms with van der Waals surface area (Å²) in [6.45, 7) is 4.04. The monoisotopic (exact) mass is 242 g/mol. The van der Waals surface area contributed by atoms with Crippen molar-refractivity contribution in [2.24, 2.45) is 0 Å². The summed E-state index contributed by atoms with van der Waals surface area (Å²) >= 11 is 0. The number of hydrogen-bond donors (Lipinski definition) is 1. The Balaban J connectivity index is 2.30. The van der Waals surface area contributed by atoms with Crippen molar-refractivity contribution in [1.82, 2.24) is 19.6 Å². The lowest BCUT2D eigenvalue weighted by atomic mass is 10.4. The predicted octanol–water partition coefficient (Wildman–Crippen LogP) is -0.621. The molecular weight excluding hydrogens is 228 g/mol. The molecule has 0 saturated carbocycles. The van der Waals surface area contributed by atoms with Crippen LogP contribution in [0.25, 0.3) is 0 Å². The van der Waals surface area contributed by atoms with Crippen molar-refractivity contribution in [3.05, 3.63) is 18.0 Å². The highest BCUT2D eigenvalue weighted by atomic mass is 32.2. The number of aryl methyl sites for hydroxylation is 1. The Morgan fingerprint density at radius 1 is 1.38 bits per heavy atom. The molecule has 88 valence electrons. The van der Waals surface area contributed by atoms with Gasteiger partial charge in [-0.2, -0.15) is 4.31 Å². The van der Waals surface area contributed by atoms with Crippen LogP contribution in [-0.4, -0.2) is 48.9 Å². The molecule has 2 rings (SSSR count). The highest BCUT2D eigenvalue weighted by molar-refractivity contribution is 7.88. The van der Waals surface area contributed by atoms with Crippen molar-refractivity contribution < 1.29 is 8.42 Å². The van der Waals surface area contributed by atoms with Gasteiger partial charge < -0.3 is 5.32 Å². The lowest BCUT2D eigenvalue weighted by Gasteiger charge is -2.25. The molecule has 0 atom stereocenters. The van der Waals surface area contributed by atoms with Crippen LogP contribution in [-0.2, 0) is 10.0 Å². The SMILES string of the molecule is Cc1ccnc(S(=O)(=O)N2CCNCC2)n1. The molecule has 0 unspecified atom stereocenters. The third-order valence-corrected chi connectivity index (χ3v) is 4.12. The lowest BCUT2D eigenvalue weighted by Crippen LogP contribution is -2.46. The highest BCUT2D eigenvalue weighted by Gasteiger charge is 2.28. The van der Waals surface area contributed by atoms with Gasteiger partial charge in [-0.3, -0.25) is 0 Å². The zero-order valence-electron chi connectivity index (χ0n) is 9.05. The minimum absolute atomic E-state index is 0.102. The van der Waals surface area contributed by atoms with Crippen molar-refractivity contribution in [3.8, 4) is 0 Å². The average Bonchev–Trinajstić information content (AvgIpc) is 2.30. The van der Waals surface area contributed by atoms with E-state index in [-0.39, 0.29) is 5.16 Å². The molecule has 0 radical (unpaired) electrons. The van der Waals surface area contributed by atoms with E-state index in [0.717, 1.165) is 0 Å². The van der Waals surface area contributed by atoms with Gasteiger partial charge in [-0.25, -0.2) is 18.4 Å². The molecule has 0 aromatic carbocycles. The fourth-order valence-corrected chi connectivity index (χ4v) is 2.90. The van der Waals surface area contributed by atoms with E-state index in [0.29, 0.717) is 31.9 Å². The standard InChI is InChI=1S/C9H14N4O2S/c1-8-2-3-11-9(12-8)16(14,15)13-6-4-10-5-7-13/h2-3,10H,4-7H2,1H3. The molecule has 7 heteroatoms. The zero-order valence-corrected chi connectivity index (χ0v) is 9.87. The van der Waals surface area contributed by atoms with Crippen LogP contribution in [0.15, 0.2) is 17.4 Å². The molecule has 6 nitrogen and oxygen atoms in total. The molecule has 1 aromatic rings. The smallest absolute Gasteiger partial charge is 0.278 e. The molecule has 1 saturated heterocycles. The third kappa shape index (κ3) is 2.21. The fraction of sp³-hybridized carbons (Fsp3) is 0.556. The minimum Gasteiger partial charge on any atom is -0.314 e. The first-order chi connectivity index (χ1) is 7.60. The summed E-state index contributed by atoms with van der Waals surface area (Å²) in [6.07, 6.45) is 1.47. The van der Waals surface area contributed by atoms with Gasteiger partial charge in [-0.15, -0.1) is 0 Å². The molecule has 1 N–H and O–H groups in total. The van der Waals surface area contributed by atoms with E-state index >= 15 is 0 Å². The number of nitrogens with one attached hydrogen (secondary N) is 1. The van der Waals surface area contributed by atoms with E-state index < -0.39 is 10.0 Å². The average molecular weight is 242 g/mol. The van der Waals surface area contributed by atoms with E-state index in [9.17, 15) is 8.42 Å². The minimum atomic E-state index is -3.51. The Morgan fingerprint density at radius 3 is 2.69 bits per heavy atom. The number of piperazine rings is 1. The first kappa shape index (κ1) is 11.4. The van der Waals surface area contributed by atoms with E-state index in [1.807, 2.05) is 0 Å². The Morgan fingerprint density at radius 2 is 2.06 bits per heavy atom. The van der Waals surface area contributed by atoms with Gasteiger partial charge in [-0.05, 0) is 13.0 Å². The van der Waals surface area contributed by atoms with Crippen LogP contribution in [0.2, 0.25) is 0 Å². The van der Waals surface area contributed by atoms with Crippen molar-refractivity contribution >= 4 is 10.0 Å². The zero-order chi connectivity index (χ0) is 11.6. The van der Waals surface area contributed by atoms with E-state index in [1.54, 1.807) is 13.0 Å². The van der Waals surface area contributed by atoms with Gasteiger partial charge in [0.05, 0.1) is 0 Å².